The first-order valence-electron chi connectivity index (χ1n) is 17.8. The average Bonchev–Trinajstić information content (AvgIpc) is 3.64. The van der Waals surface area contributed by atoms with Gasteiger partial charge in [0.1, 0.15) is 5.75 Å². The monoisotopic (exact) mass is 686 g/mol. The van der Waals surface area contributed by atoms with Crippen LogP contribution in [0.4, 0.5) is 17.6 Å². The Balaban J connectivity index is 1.33. The first-order valence-corrected chi connectivity index (χ1v) is 17.8. The molecule has 0 radical (unpaired) electrons. The lowest BCUT2D eigenvalue weighted by Gasteiger charge is -2.24. The Morgan fingerprint density at radius 3 is 2.56 bits per heavy atom. The molecular weight excluding hydrogens is 640 g/mol. The largest absolute Gasteiger partial charge is 0.429 e. The van der Waals surface area contributed by atoms with Crippen molar-refractivity contribution >= 4 is 11.8 Å². The summed E-state index contributed by atoms with van der Waals surface area (Å²) in [6.45, 7) is 6.96. The van der Waals surface area contributed by atoms with Crippen LogP contribution in [0.2, 0.25) is 0 Å². The van der Waals surface area contributed by atoms with Crippen molar-refractivity contribution in [3.63, 3.8) is 0 Å². The van der Waals surface area contributed by atoms with Gasteiger partial charge in [-0.2, -0.15) is 22.7 Å². The fourth-order valence-electron chi connectivity index (χ4n) is 7.74. The van der Waals surface area contributed by atoms with E-state index in [1.807, 2.05) is 18.3 Å². The first-order chi connectivity index (χ1) is 24.1. The van der Waals surface area contributed by atoms with Gasteiger partial charge in [0.2, 0.25) is 0 Å². The van der Waals surface area contributed by atoms with Crippen molar-refractivity contribution in [3.05, 3.63) is 112 Å². The Bertz CT molecular complexity index is 1870. The first kappa shape index (κ1) is 35.4. The standard InChI is InChI=1S/C41H46F4N4O/c1-5-34-27(4)37(30-18-20-33(21-19-30)50-41(44,45)6-2)48-39(34)29-13-8-7-12-28(16-17-29)38-36-23-31(32-24-47-49(25-32)40(42)43)14-9-15-35(36)26(3)11-10-22-46-38/h6,11,18-25,29,40,48H,2,5,7-10,12-17H2,1,3-4H3/b26-11?,38-28-,46-22?. The fourth-order valence-corrected chi connectivity index (χ4v) is 7.74. The Morgan fingerprint density at radius 2 is 1.84 bits per heavy atom. The predicted molar refractivity (Wildman–Crippen MR) is 193 cm³/mol. The van der Waals surface area contributed by atoms with Gasteiger partial charge in [0.15, 0.2) is 0 Å². The van der Waals surface area contributed by atoms with Gasteiger partial charge in [-0.1, -0.05) is 31.6 Å². The molecule has 3 aromatic rings. The minimum Gasteiger partial charge on any atom is -0.429 e. The van der Waals surface area contributed by atoms with Crippen LogP contribution < -0.4 is 4.74 Å². The highest BCUT2D eigenvalue weighted by Gasteiger charge is 2.28. The third-order valence-corrected chi connectivity index (χ3v) is 10.4. The Morgan fingerprint density at radius 1 is 1.04 bits per heavy atom. The van der Waals surface area contributed by atoms with Crippen LogP contribution in [-0.4, -0.2) is 27.1 Å². The molecule has 2 aromatic heterocycles. The highest BCUT2D eigenvalue weighted by molar-refractivity contribution is 5.74. The lowest BCUT2D eigenvalue weighted by atomic mass is 9.82. The molecule has 1 fully saturated rings. The van der Waals surface area contributed by atoms with Gasteiger partial charge < -0.3 is 9.72 Å². The molecule has 2 aliphatic carbocycles. The van der Waals surface area contributed by atoms with Crippen molar-refractivity contribution in [1.29, 1.82) is 0 Å². The molecule has 6 rings (SSSR count). The number of H-pyrrole nitrogens is 1. The predicted octanol–water partition coefficient (Wildman–Crippen LogP) is 12.0. The summed E-state index contributed by atoms with van der Waals surface area (Å²) in [5.41, 5.74) is 13.5. The Labute approximate surface area is 292 Å². The molecule has 0 amide bonds. The second-order valence-corrected chi connectivity index (χ2v) is 13.5. The number of aromatic amines is 1. The topological polar surface area (TPSA) is 55.2 Å². The SMILES string of the molecule is C=CC(F)(F)Oc1ccc(-c2[nH]c(C3CCCC/C(=C4/N=CCC=C(C)C5=C4C=C(c4cnn(C(F)F)c4)CCC5)CC3)c(CC)c2C)cc1. The molecule has 1 aromatic carbocycles. The van der Waals surface area contributed by atoms with E-state index in [1.54, 1.807) is 18.3 Å². The van der Waals surface area contributed by atoms with Crippen LogP contribution >= 0.6 is 0 Å². The number of rotatable bonds is 8. The van der Waals surface area contributed by atoms with Gasteiger partial charge in [-0.05, 0) is 141 Å². The van der Waals surface area contributed by atoms with Crippen LogP contribution in [0.25, 0.3) is 16.8 Å². The number of allylic oxidation sites excluding steroid dienone is 6. The molecule has 0 saturated heterocycles. The molecule has 1 unspecified atom stereocenters. The highest BCUT2D eigenvalue weighted by Crippen LogP contribution is 2.43. The van der Waals surface area contributed by atoms with Crippen LogP contribution in [0, 0.1) is 6.92 Å². The van der Waals surface area contributed by atoms with Crippen LogP contribution in [0.15, 0.2) is 94.4 Å². The number of aliphatic imine (C=N–C) groups is 1. The fraction of sp³-hybridized carbons (Fsp3) is 0.415. The minimum atomic E-state index is -3.43. The van der Waals surface area contributed by atoms with E-state index in [4.69, 9.17) is 9.73 Å². The molecule has 50 heavy (non-hydrogen) atoms. The summed E-state index contributed by atoms with van der Waals surface area (Å²) in [5.74, 6) is 0.411. The Hall–Kier alpha value is -4.40. The molecule has 0 spiro atoms. The van der Waals surface area contributed by atoms with Gasteiger partial charge in [0, 0.05) is 47.4 Å². The van der Waals surface area contributed by atoms with Crippen molar-refractivity contribution < 1.29 is 22.3 Å². The van der Waals surface area contributed by atoms with E-state index >= 15 is 0 Å². The van der Waals surface area contributed by atoms with Gasteiger partial charge in [0.25, 0.3) is 0 Å². The van der Waals surface area contributed by atoms with Crippen molar-refractivity contribution in [1.82, 2.24) is 14.8 Å². The maximum absolute atomic E-state index is 13.7. The number of ether oxygens (including phenoxy) is 1. The van der Waals surface area contributed by atoms with Crippen molar-refractivity contribution in [2.24, 2.45) is 4.99 Å². The normalized spacial score (nSPS) is 20.7. The third-order valence-electron chi connectivity index (χ3n) is 10.4. The van der Waals surface area contributed by atoms with Crippen molar-refractivity contribution in [2.45, 2.75) is 110 Å². The van der Waals surface area contributed by atoms with E-state index in [1.165, 1.54) is 39.7 Å². The quantitative estimate of drug-likeness (QED) is 0.189. The summed E-state index contributed by atoms with van der Waals surface area (Å²) in [4.78, 5) is 8.90. The van der Waals surface area contributed by atoms with E-state index in [2.05, 4.69) is 49.6 Å². The second kappa shape index (κ2) is 15.2. The molecule has 264 valence electrons. The number of hydrogen-bond acceptors (Lipinski definition) is 3. The number of benzene rings is 1. The molecule has 3 aliphatic rings. The van der Waals surface area contributed by atoms with Gasteiger partial charge in [-0.15, -0.1) is 0 Å². The van der Waals surface area contributed by atoms with E-state index in [-0.39, 0.29) is 5.75 Å². The number of hydrogen-bond donors (Lipinski definition) is 1. The summed E-state index contributed by atoms with van der Waals surface area (Å²) in [5, 5.41) is 3.92. The summed E-state index contributed by atoms with van der Waals surface area (Å²) >= 11 is 0. The third kappa shape index (κ3) is 7.67. The minimum absolute atomic E-state index is 0.0825. The van der Waals surface area contributed by atoms with Crippen LogP contribution in [0.5, 0.6) is 5.75 Å². The number of alkyl halides is 4. The van der Waals surface area contributed by atoms with E-state index in [0.29, 0.717) is 12.0 Å². The molecule has 1 saturated carbocycles. The van der Waals surface area contributed by atoms with Crippen LogP contribution in [-0.2, 0) is 6.42 Å². The molecule has 1 aliphatic heterocycles. The van der Waals surface area contributed by atoms with Gasteiger partial charge in [0.05, 0.1) is 11.9 Å². The maximum Gasteiger partial charge on any atom is 0.419 e. The summed E-state index contributed by atoms with van der Waals surface area (Å²) in [7, 11) is 0. The number of nitrogens with zero attached hydrogens (tertiary/aromatic N) is 3. The Kier molecular flexibility index (Phi) is 10.8. The van der Waals surface area contributed by atoms with Gasteiger partial charge in [-0.25, -0.2) is 4.68 Å². The van der Waals surface area contributed by atoms with Gasteiger partial charge >= 0.3 is 12.7 Å². The zero-order valence-corrected chi connectivity index (χ0v) is 29.2. The molecule has 9 heteroatoms. The lowest BCUT2D eigenvalue weighted by Crippen LogP contribution is -2.20. The van der Waals surface area contributed by atoms with E-state index in [9.17, 15) is 17.6 Å². The van der Waals surface area contributed by atoms with Crippen molar-refractivity contribution in [3.8, 4) is 17.0 Å². The number of halogens is 4. The summed E-state index contributed by atoms with van der Waals surface area (Å²) < 4.78 is 59.8. The lowest BCUT2D eigenvalue weighted by molar-refractivity contribution is -0.131. The highest BCUT2D eigenvalue weighted by atomic mass is 19.3. The van der Waals surface area contributed by atoms with Crippen molar-refractivity contribution in [2.75, 3.05) is 0 Å². The molecule has 0 bridgehead atoms. The smallest absolute Gasteiger partial charge is 0.419 e. The molecule has 5 nitrogen and oxygen atoms in total. The van der Waals surface area contributed by atoms with E-state index < -0.39 is 12.7 Å². The average molecular weight is 687 g/mol. The molecule has 1 N–H and O–H groups in total. The molecule has 1 atom stereocenters. The van der Waals surface area contributed by atoms with Gasteiger partial charge in [-0.3, -0.25) is 4.99 Å². The molecular formula is C41H46F4N4O. The van der Waals surface area contributed by atoms with Crippen LogP contribution in [0.1, 0.15) is 113 Å². The maximum atomic E-state index is 13.7. The zero-order chi connectivity index (χ0) is 35.4. The van der Waals surface area contributed by atoms with Crippen LogP contribution in [0.3, 0.4) is 0 Å². The molecule has 3 heterocycles. The summed E-state index contributed by atoms with van der Waals surface area (Å²) in [6.07, 6.45) is 16.8. The van der Waals surface area contributed by atoms with E-state index in [0.717, 1.165) is 109 Å². The summed E-state index contributed by atoms with van der Waals surface area (Å²) in [6, 6.07) is 6.78. The number of nitrogens with one attached hydrogen (secondary N) is 1. The second-order valence-electron chi connectivity index (χ2n) is 13.5. The number of aromatic nitrogens is 3. The zero-order valence-electron chi connectivity index (χ0n) is 29.2.